The van der Waals surface area contributed by atoms with Crippen molar-refractivity contribution < 1.29 is 9.53 Å². The third-order valence-corrected chi connectivity index (χ3v) is 3.60. The van der Waals surface area contributed by atoms with Crippen LogP contribution in [0.4, 0.5) is 5.69 Å². The molecule has 1 heterocycles. The first-order valence-corrected chi connectivity index (χ1v) is 6.93. The van der Waals surface area contributed by atoms with Crippen LogP contribution in [0.25, 0.3) is 0 Å². The zero-order valence-electron chi connectivity index (χ0n) is 12.4. The Balaban J connectivity index is 2.06. The van der Waals surface area contributed by atoms with Crippen molar-refractivity contribution in [1.29, 1.82) is 0 Å². The number of hydrogen-bond donors (Lipinski definition) is 1. The van der Waals surface area contributed by atoms with Gasteiger partial charge in [0.2, 0.25) is 0 Å². The van der Waals surface area contributed by atoms with E-state index in [-0.39, 0.29) is 18.1 Å². The molecule has 2 unspecified atom stereocenters. The summed E-state index contributed by atoms with van der Waals surface area (Å²) < 4.78 is 5.58. The van der Waals surface area contributed by atoms with Crippen LogP contribution in [0.1, 0.15) is 17.3 Å². The molecule has 0 aliphatic carbocycles. The normalized spacial score (nSPS) is 20.6. The highest BCUT2D eigenvalue weighted by Crippen LogP contribution is 2.16. The average molecular weight is 277 g/mol. The Labute approximate surface area is 120 Å². The van der Waals surface area contributed by atoms with Gasteiger partial charge in [0, 0.05) is 44.5 Å². The first kappa shape index (κ1) is 14.8. The highest BCUT2D eigenvalue weighted by molar-refractivity contribution is 5.94. The molecular formula is C15H23N3O2. The third-order valence-electron chi connectivity index (χ3n) is 3.60. The Morgan fingerprint density at radius 2 is 2.05 bits per heavy atom. The number of carbonyl (C=O) groups excluding carboxylic acids is 1. The average Bonchev–Trinajstić information content (AvgIpc) is 2.46. The van der Waals surface area contributed by atoms with Gasteiger partial charge in [0.25, 0.3) is 5.91 Å². The van der Waals surface area contributed by atoms with E-state index < -0.39 is 0 Å². The second-order valence-electron chi connectivity index (χ2n) is 5.46. The van der Waals surface area contributed by atoms with Gasteiger partial charge in [0.05, 0.1) is 12.7 Å². The molecule has 0 bridgehead atoms. The van der Waals surface area contributed by atoms with Crippen LogP contribution in [0.15, 0.2) is 24.3 Å². The Morgan fingerprint density at radius 3 is 2.60 bits per heavy atom. The largest absolute Gasteiger partial charge is 0.378 e. The van der Waals surface area contributed by atoms with E-state index >= 15 is 0 Å². The van der Waals surface area contributed by atoms with Crippen molar-refractivity contribution in [3.05, 3.63) is 29.8 Å². The predicted molar refractivity (Wildman–Crippen MR) is 80.1 cm³/mol. The molecule has 2 atom stereocenters. The Kier molecular flexibility index (Phi) is 4.62. The predicted octanol–water partition coefficient (Wildman–Crippen LogP) is 0.941. The topological polar surface area (TPSA) is 58.8 Å². The van der Waals surface area contributed by atoms with Crippen LogP contribution in [0.5, 0.6) is 0 Å². The lowest BCUT2D eigenvalue weighted by molar-refractivity contribution is -0.0300. The van der Waals surface area contributed by atoms with E-state index in [0.29, 0.717) is 25.3 Å². The van der Waals surface area contributed by atoms with Gasteiger partial charge in [-0.1, -0.05) is 0 Å². The minimum Gasteiger partial charge on any atom is -0.378 e. The highest BCUT2D eigenvalue weighted by atomic mass is 16.5. The van der Waals surface area contributed by atoms with Crippen LogP contribution >= 0.6 is 0 Å². The standard InChI is InChI=1S/C15H23N3O2/c1-11(16)14-10-18(8-9-20-14)15(19)12-4-6-13(7-5-12)17(2)3/h4-7,11,14H,8-10,16H2,1-3H3. The summed E-state index contributed by atoms with van der Waals surface area (Å²) in [5.74, 6) is 0.0456. The lowest BCUT2D eigenvalue weighted by Gasteiger charge is -2.34. The van der Waals surface area contributed by atoms with E-state index in [9.17, 15) is 4.79 Å². The summed E-state index contributed by atoms with van der Waals surface area (Å²) >= 11 is 0. The van der Waals surface area contributed by atoms with Crippen LogP contribution in [0.2, 0.25) is 0 Å². The summed E-state index contributed by atoms with van der Waals surface area (Å²) in [6.45, 7) is 3.64. The van der Waals surface area contributed by atoms with Gasteiger partial charge in [-0.2, -0.15) is 0 Å². The minimum atomic E-state index is -0.0752. The summed E-state index contributed by atoms with van der Waals surface area (Å²) in [4.78, 5) is 16.3. The molecule has 0 radical (unpaired) electrons. The molecule has 5 nitrogen and oxygen atoms in total. The molecule has 1 amide bonds. The molecule has 20 heavy (non-hydrogen) atoms. The van der Waals surface area contributed by atoms with Gasteiger partial charge in [-0.05, 0) is 31.2 Å². The number of benzene rings is 1. The molecule has 1 saturated heterocycles. The number of ether oxygens (including phenoxy) is 1. The number of anilines is 1. The fourth-order valence-electron chi connectivity index (χ4n) is 2.26. The van der Waals surface area contributed by atoms with Gasteiger partial charge in [-0.15, -0.1) is 0 Å². The molecule has 1 aliphatic rings. The van der Waals surface area contributed by atoms with Gasteiger partial charge < -0.3 is 20.3 Å². The van der Waals surface area contributed by atoms with Crippen LogP contribution in [0, 0.1) is 0 Å². The number of carbonyl (C=O) groups is 1. The highest BCUT2D eigenvalue weighted by Gasteiger charge is 2.27. The molecule has 0 aromatic heterocycles. The lowest BCUT2D eigenvalue weighted by Crippen LogP contribution is -2.51. The van der Waals surface area contributed by atoms with Crippen LogP contribution in [0.3, 0.4) is 0 Å². The molecule has 1 aromatic carbocycles. The molecule has 2 N–H and O–H groups in total. The van der Waals surface area contributed by atoms with Crippen molar-refractivity contribution >= 4 is 11.6 Å². The molecule has 0 saturated carbocycles. The summed E-state index contributed by atoms with van der Waals surface area (Å²) in [6, 6.07) is 7.58. The Bertz CT molecular complexity index is 457. The molecular weight excluding hydrogens is 254 g/mol. The first-order chi connectivity index (χ1) is 9.49. The summed E-state index contributed by atoms with van der Waals surface area (Å²) in [7, 11) is 3.96. The molecule has 2 rings (SSSR count). The summed E-state index contributed by atoms with van der Waals surface area (Å²) in [5.41, 5.74) is 7.64. The van der Waals surface area contributed by atoms with E-state index in [1.807, 2.05) is 55.1 Å². The van der Waals surface area contributed by atoms with E-state index in [4.69, 9.17) is 10.5 Å². The number of nitrogens with zero attached hydrogens (tertiary/aromatic N) is 2. The second-order valence-corrected chi connectivity index (χ2v) is 5.46. The van der Waals surface area contributed by atoms with Gasteiger partial charge in [0.15, 0.2) is 0 Å². The number of hydrogen-bond acceptors (Lipinski definition) is 4. The van der Waals surface area contributed by atoms with Crippen molar-refractivity contribution in [3.63, 3.8) is 0 Å². The fourth-order valence-corrected chi connectivity index (χ4v) is 2.26. The zero-order chi connectivity index (χ0) is 14.7. The van der Waals surface area contributed by atoms with Crippen molar-refractivity contribution in [1.82, 2.24) is 4.90 Å². The maximum Gasteiger partial charge on any atom is 0.254 e. The zero-order valence-corrected chi connectivity index (χ0v) is 12.4. The quantitative estimate of drug-likeness (QED) is 0.893. The number of nitrogens with two attached hydrogens (primary N) is 1. The van der Waals surface area contributed by atoms with Gasteiger partial charge in [0.1, 0.15) is 0 Å². The molecule has 5 heteroatoms. The first-order valence-electron chi connectivity index (χ1n) is 6.93. The number of amides is 1. The summed E-state index contributed by atoms with van der Waals surface area (Å²) in [6.07, 6.45) is -0.0752. The van der Waals surface area contributed by atoms with Crippen molar-refractivity contribution in [2.45, 2.75) is 19.1 Å². The minimum absolute atomic E-state index is 0.0456. The fraction of sp³-hybridized carbons (Fsp3) is 0.533. The van der Waals surface area contributed by atoms with E-state index in [1.165, 1.54) is 0 Å². The molecule has 0 spiro atoms. The van der Waals surface area contributed by atoms with Gasteiger partial charge >= 0.3 is 0 Å². The van der Waals surface area contributed by atoms with Crippen LogP contribution in [-0.4, -0.2) is 56.7 Å². The molecule has 110 valence electrons. The Morgan fingerprint density at radius 1 is 1.40 bits per heavy atom. The second kappa shape index (κ2) is 6.24. The van der Waals surface area contributed by atoms with E-state index in [0.717, 1.165) is 5.69 Å². The summed E-state index contributed by atoms with van der Waals surface area (Å²) in [5, 5.41) is 0. The molecule has 1 aliphatic heterocycles. The smallest absolute Gasteiger partial charge is 0.254 e. The van der Waals surface area contributed by atoms with Crippen LogP contribution in [-0.2, 0) is 4.74 Å². The van der Waals surface area contributed by atoms with Crippen LogP contribution < -0.4 is 10.6 Å². The van der Waals surface area contributed by atoms with Gasteiger partial charge in [-0.3, -0.25) is 4.79 Å². The maximum absolute atomic E-state index is 12.5. The third kappa shape index (κ3) is 3.29. The maximum atomic E-state index is 12.5. The Hall–Kier alpha value is -1.59. The molecule has 1 fully saturated rings. The van der Waals surface area contributed by atoms with Crippen molar-refractivity contribution in [3.8, 4) is 0 Å². The van der Waals surface area contributed by atoms with E-state index in [2.05, 4.69) is 0 Å². The van der Waals surface area contributed by atoms with Crippen molar-refractivity contribution in [2.75, 3.05) is 38.7 Å². The number of morpholine rings is 1. The number of rotatable bonds is 3. The lowest BCUT2D eigenvalue weighted by atomic mass is 10.1. The van der Waals surface area contributed by atoms with E-state index in [1.54, 1.807) is 0 Å². The monoisotopic (exact) mass is 277 g/mol. The molecule has 1 aromatic rings. The van der Waals surface area contributed by atoms with Crippen molar-refractivity contribution in [2.24, 2.45) is 5.73 Å². The van der Waals surface area contributed by atoms with Gasteiger partial charge in [-0.25, -0.2) is 0 Å². The SMILES string of the molecule is CC(N)C1CN(C(=O)c2ccc(N(C)C)cc2)CCO1.